The summed E-state index contributed by atoms with van der Waals surface area (Å²) in [5.74, 6) is 0. The van der Waals surface area contributed by atoms with E-state index in [0.717, 1.165) is 31.7 Å². The molecule has 2 fully saturated rings. The first-order valence-corrected chi connectivity index (χ1v) is 7.53. The Bertz CT molecular complexity index is 528. The fourth-order valence-electron chi connectivity index (χ4n) is 3.14. The van der Waals surface area contributed by atoms with Gasteiger partial charge in [0, 0.05) is 18.3 Å². The van der Waals surface area contributed by atoms with Crippen molar-refractivity contribution < 1.29 is 17.9 Å². The van der Waals surface area contributed by atoms with Crippen LogP contribution in [0.1, 0.15) is 37.7 Å². The van der Waals surface area contributed by atoms with Gasteiger partial charge in [-0.3, -0.25) is 0 Å². The van der Waals surface area contributed by atoms with Crippen molar-refractivity contribution in [1.82, 2.24) is 0 Å². The van der Waals surface area contributed by atoms with E-state index < -0.39 is 11.7 Å². The molecule has 1 saturated carbocycles. The van der Waals surface area contributed by atoms with Crippen LogP contribution in [0.25, 0.3) is 0 Å². The Hall–Kier alpha value is -0.940. The van der Waals surface area contributed by atoms with Gasteiger partial charge in [0.1, 0.15) is 0 Å². The van der Waals surface area contributed by atoms with Gasteiger partial charge in [-0.2, -0.15) is 13.2 Å². The maximum Gasteiger partial charge on any atom is 0.417 e. The van der Waals surface area contributed by atoms with Crippen LogP contribution in [0.15, 0.2) is 18.2 Å². The van der Waals surface area contributed by atoms with Crippen LogP contribution < -0.4 is 5.32 Å². The third kappa shape index (κ3) is 3.14. The van der Waals surface area contributed by atoms with Gasteiger partial charge in [-0.25, -0.2) is 0 Å². The Morgan fingerprint density at radius 2 is 2.05 bits per heavy atom. The topological polar surface area (TPSA) is 21.3 Å². The first-order valence-electron chi connectivity index (χ1n) is 7.15. The summed E-state index contributed by atoms with van der Waals surface area (Å²) in [6.45, 7) is 0.664. The minimum Gasteiger partial charge on any atom is -0.382 e. The Morgan fingerprint density at radius 1 is 1.29 bits per heavy atom. The lowest BCUT2D eigenvalue weighted by Gasteiger charge is -2.47. The summed E-state index contributed by atoms with van der Waals surface area (Å²) < 4.78 is 44.4. The van der Waals surface area contributed by atoms with Crippen molar-refractivity contribution in [2.75, 3.05) is 11.9 Å². The van der Waals surface area contributed by atoms with E-state index in [1.54, 1.807) is 6.07 Å². The van der Waals surface area contributed by atoms with Gasteiger partial charge >= 0.3 is 6.18 Å². The van der Waals surface area contributed by atoms with Gasteiger partial charge in [0.05, 0.1) is 16.2 Å². The summed E-state index contributed by atoms with van der Waals surface area (Å²) in [5, 5.41) is 2.94. The summed E-state index contributed by atoms with van der Waals surface area (Å²) in [7, 11) is 0. The Morgan fingerprint density at radius 3 is 2.67 bits per heavy atom. The summed E-state index contributed by atoms with van der Waals surface area (Å²) in [5.41, 5.74) is -0.359. The molecule has 0 bridgehead atoms. The van der Waals surface area contributed by atoms with Crippen molar-refractivity contribution in [3.63, 3.8) is 0 Å². The van der Waals surface area contributed by atoms with Crippen LogP contribution in [-0.2, 0) is 10.9 Å². The third-order valence-corrected chi connectivity index (χ3v) is 4.73. The predicted octanol–water partition coefficient (Wildman–Crippen LogP) is 4.87. The number of alkyl halides is 3. The highest BCUT2D eigenvalue weighted by molar-refractivity contribution is 6.31. The van der Waals surface area contributed by atoms with Crippen LogP contribution in [0.3, 0.4) is 0 Å². The van der Waals surface area contributed by atoms with Crippen molar-refractivity contribution in [2.45, 2.75) is 49.9 Å². The molecule has 2 nitrogen and oxygen atoms in total. The molecule has 21 heavy (non-hydrogen) atoms. The standard InChI is InChI=1S/C15H17ClF3NO/c16-13-3-2-10(8-12(13)15(17,18)19)20-11-4-7-21-14(9-11)5-1-6-14/h2-3,8,11,20H,1,4-7,9H2. The maximum absolute atomic E-state index is 12.9. The minimum absolute atomic E-state index is 0.0325. The van der Waals surface area contributed by atoms with E-state index in [-0.39, 0.29) is 16.7 Å². The summed E-state index contributed by atoms with van der Waals surface area (Å²) >= 11 is 5.63. The van der Waals surface area contributed by atoms with Crippen LogP contribution in [-0.4, -0.2) is 18.2 Å². The highest BCUT2D eigenvalue weighted by Gasteiger charge is 2.42. The number of ether oxygens (including phenoxy) is 1. The van der Waals surface area contributed by atoms with Crippen LogP contribution in [0.5, 0.6) is 0 Å². The fraction of sp³-hybridized carbons (Fsp3) is 0.600. The van der Waals surface area contributed by atoms with Crippen molar-refractivity contribution >= 4 is 17.3 Å². The second-order valence-corrected chi connectivity index (χ2v) is 6.32. The van der Waals surface area contributed by atoms with Gasteiger partial charge in [-0.05, 0) is 50.3 Å². The molecule has 1 saturated heterocycles. The zero-order chi connectivity index (χ0) is 15.1. The summed E-state index contributed by atoms with van der Waals surface area (Å²) in [6, 6.07) is 4.14. The normalized spacial score (nSPS) is 24.7. The Balaban J connectivity index is 1.73. The highest BCUT2D eigenvalue weighted by Crippen LogP contribution is 2.43. The van der Waals surface area contributed by atoms with E-state index in [4.69, 9.17) is 16.3 Å². The van der Waals surface area contributed by atoms with E-state index in [9.17, 15) is 13.2 Å². The van der Waals surface area contributed by atoms with Crippen LogP contribution in [0.4, 0.5) is 18.9 Å². The molecular weight excluding hydrogens is 303 g/mol. The molecule has 1 aliphatic carbocycles. The van der Waals surface area contributed by atoms with Gasteiger partial charge in [-0.15, -0.1) is 0 Å². The predicted molar refractivity (Wildman–Crippen MR) is 75.6 cm³/mol. The molecule has 1 atom stereocenters. The van der Waals surface area contributed by atoms with E-state index in [1.165, 1.54) is 12.5 Å². The second kappa shape index (κ2) is 5.36. The lowest BCUT2D eigenvalue weighted by Crippen LogP contribution is -2.49. The maximum atomic E-state index is 12.9. The monoisotopic (exact) mass is 319 g/mol. The summed E-state index contributed by atoms with van der Waals surface area (Å²) in [4.78, 5) is 0. The van der Waals surface area contributed by atoms with Crippen LogP contribution >= 0.6 is 11.6 Å². The molecule has 1 aromatic carbocycles. The highest BCUT2D eigenvalue weighted by atomic mass is 35.5. The third-order valence-electron chi connectivity index (χ3n) is 4.40. The number of hydrogen-bond acceptors (Lipinski definition) is 2. The average Bonchev–Trinajstić information content (AvgIpc) is 2.38. The van der Waals surface area contributed by atoms with Crippen molar-refractivity contribution in [1.29, 1.82) is 0 Å². The zero-order valence-corrected chi connectivity index (χ0v) is 12.2. The molecule has 2 aliphatic rings. The molecule has 1 aliphatic heterocycles. The number of benzene rings is 1. The number of anilines is 1. The molecular formula is C15H17ClF3NO. The second-order valence-electron chi connectivity index (χ2n) is 5.91. The minimum atomic E-state index is -4.43. The number of rotatable bonds is 2. The van der Waals surface area contributed by atoms with Crippen molar-refractivity contribution in [3.8, 4) is 0 Å². The molecule has 0 aromatic heterocycles. The van der Waals surface area contributed by atoms with Crippen molar-refractivity contribution in [3.05, 3.63) is 28.8 Å². The van der Waals surface area contributed by atoms with Gasteiger partial charge in [0.25, 0.3) is 0 Å². The van der Waals surface area contributed by atoms with E-state index in [0.29, 0.717) is 12.3 Å². The van der Waals surface area contributed by atoms with Gasteiger partial charge in [0.2, 0.25) is 0 Å². The molecule has 1 unspecified atom stereocenters. The molecule has 1 heterocycles. The van der Waals surface area contributed by atoms with E-state index in [2.05, 4.69) is 5.32 Å². The molecule has 116 valence electrons. The van der Waals surface area contributed by atoms with Crippen LogP contribution in [0, 0.1) is 0 Å². The number of nitrogens with one attached hydrogen (secondary N) is 1. The lowest BCUT2D eigenvalue weighted by atomic mass is 9.74. The SMILES string of the molecule is FC(F)(F)c1cc(NC2CCOC3(CCC3)C2)ccc1Cl. The molecule has 3 rings (SSSR count). The molecule has 0 amide bonds. The number of halogens is 4. The van der Waals surface area contributed by atoms with E-state index in [1.807, 2.05) is 0 Å². The van der Waals surface area contributed by atoms with E-state index >= 15 is 0 Å². The lowest BCUT2D eigenvalue weighted by molar-refractivity contribution is -0.137. The number of hydrogen-bond donors (Lipinski definition) is 1. The fourth-order valence-corrected chi connectivity index (χ4v) is 3.36. The largest absolute Gasteiger partial charge is 0.417 e. The molecule has 6 heteroatoms. The van der Waals surface area contributed by atoms with Gasteiger partial charge in [0.15, 0.2) is 0 Å². The summed E-state index contributed by atoms with van der Waals surface area (Å²) in [6.07, 6.45) is 0.521. The van der Waals surface area contributed by atoms with Gasteiger partial charge < -0.3 is 10.1 Å². The van der Waals surface area contributed by atoms with Gasteiger partial charge in [-0.1, -0.05) is 11.6 Å². The van der Waals surface area contributed by atoms with Crippen molar-refractivity contribution in [2.24, 2.45) is 0 Å². The van der Waals surface area contributed by atoms with Crippen LogP contribution in [0.2, 0.25) is 5.02 Å². The molecule has 1 aromatic rings. The first-order chi connectivity index (χ1) is 9.88. The average molecular weight is 320 g/mol. The molecule has 1 N–H and O–H groups in total. The Kier molecular flexibility index (Phi) is 3.82. The molecule has 0 radical (unpaired) electrons. The smallest absolute Gasteiger partial charge is 0.382 e. The Labute approximate surface area is 126 Å². The quantitative estimate of drug-likeness (QED) is 0.839. The zero-order valence-electron chi connectivity index (χ0n) is 11.5. The molecule has 1 spiro atoms. The first kappa shape index (κ1) is 15.0.